The Morgan fingerprint density at radius 3 is 3.06 bits per heavy atom. The monoisotopic (exact) mass is 252 g/mol. The Labute approximate surface area is 108 Å². The Morgan fingerprint density at radius 1 is 1.56 bits per heavy atom. The summed E-state index contributed by atoms with van der Waals surface area (Å²) in [7, 11) is 1.56. The van der Waals surface area contributed by atoms with Crippen LogP contribution in [0.3, 0.4) is 0 Å². The van der Waals surface area contributed by atoms with E-state index in [0.717, 1.165) is 18.7 Å². The summed E-state index contributed by atoms with van der Waals surface area (Å²) < 4.78 is 18.3. The smallest absolute Gasteiger partial charge is 0.144 e. The molecule has 0 saturated carbocycles. The van der Waals surface area contributed by atoms with Gasteiger partial charge in [-0.2, -0.15) is 0 Å². The summed E-state index contributed by atoms with van der Waals surface area (Å²) >= 11 is 0. The van der Waals surface area contributed by atoms with Gasteiger partial charge in [0.2, 0.25) is 0 Å². The first-order valence-corrected chi connectivity index (χ1v) is 6.52. The van der Waals surface area contributed by atoms with E-state index in [1.165, 1.54) is 25.0 Å². The number of methoxy groups -OCH3 is 1. The van der Waals surface area contributed by atoms with Crippen molar-refractivity contribution in [3.05, 3.63) is 24.0 Å². The third kappa shape index (κ3) is 3.35. The van der Waals surface area contributed by atoms with Gasteiger partial charge in [0.05, 0.1) is 12.8 Å². The molecule has 0 aliphatic carbocycles. The molecule has 1 saturated heterocycles. The predicted octanol–water partition coefficient (Wildman–Crippen LogP) is 2.78. The molecule has 3 nitrogen and oxygen atoms in total. The highest BCUT2D eigenvalue weighted by atomic mass is 19.1. The zero-order valence-corrected chi connectivity index (χ0v) is 11.0. The van der Waals surface area contributed by atoms with E-state index in [9.17, 15) is 4.39 Å². The zero-order chi connectivity index (χ0) is 13.0. The van der Waals surface area contributed by atoms with Gasteiger partial charge in [-0.3, -0.25) is 0 Å². The Bertz CT molecular complexity index is 391. The van der Waals surface area contributed by atoms with E-state index in [2.05, 4.69) is 17.6 Å². The Hall–Kier alpha value is -1.29. The van der Waals surface area contributed by atoms with Gasteiger partial charge in [-0.05, 0) is 44.9 Å². The van der Waals surface area contributed by atoms with Crippen LogP contribution in [0.5, 0.6) is 5.75 Å². The first-order valence-electron chi connectivity index (χ1n) is 6.52. The summed E-state index contributed by atoms with van der Waals surface area (Å²) in [6.07, 6.45) is 3.57. The normalized spacial score (nSPS) is 20.7. The maximum atomic E-state index is 13.1. The van der Waals surface area contributed by atoms with Crippen LogP contribution in [-0.2, 0) is 0 Å². The Morgan fingerprint density at radius 2 is 2.39 bits per heavy atom. The summed E-state index contributed by atoms with van der Waals surface area (Å²) in [5.74, 6) is 0.281. The second-order valence-electron chi connectivity index (χ2n) is 4.92. The lowest BCUT2D eigenvalue weighted by Crippen LogP contribution is -2.29. The summed E-state index contributed by atoms with van der Waals surface area (Å²) in [6.45, 7) is 3.26. The molecule has 1 heterocycles. The summed E-state index contributed by atoms with van der Waals surface area (Å²) in [6, 6.07) is 5.51. The van der Waals surface area contributed by atoms with Crippen LogP contribution in [0.25, 0.3) is 0 Å². The highest BCUT2D eigenvalue weighted by Crippen LogP contribution is 2.26. The quantitative estimate of drug-likeness (QED) is 0.845. The molecule has 1 fully saturated rings. The topological polar surface area (TPSA) is 33.3 Å². The maximum absolute atomic E-state index is 13.1. The highest BCUT2D eigenvalue weighted by molar-refractivity contribution is 5.56. The molecular weight excluding hydrogens is 231 g/mol. The van der Waals surface area contributed by atoms with Crippen LogP contribution in [0, 0.1) is 5.82 Å². The largest absolute Gasteiger partial charge is 0.494 e. The summed E-state index contributed by atoms with van der Waals surface area (Å²) in [4.78, 5) is 0. The molecule has 0 radical (unpaired) electrons. The van der Waals surface area contributed by atoms with E-state index in [1.54, 1.807) is 13.2 Å². The minimum absolute atomic E-state index is 0.275. The molecule has 2 N–H and O–H groups in total. The first kappa shape index (κ1) is 13.1. The van der Waals surface area contributed by atoms with Crippen LogP contribution in [0.4, 0.5) is 10.1 Å². The van der Waals surface area contributed by atoms with Gasteiger partial charge in [-0.1, -0.05) is 0 Å². The van der Waals surface area contributed by atoms with Gasteiger partial charge in [0.15, 0.2) is 0 Å². The molecule has 2 rings (SSSR count). The average molecular weight is 252 g/mol. The van der Waals surface area contributed by atoms with Crippen molar-refractivity contribution < 1.29 is 9.13 Å². The van der Waals surface area contributed by atoms with E-state index < -0.39 is 0 Å². The summed E-state index contributed by atoms with van der Waals surface area (Å²) in [5, 5.41) is 6.86. The molecule has 2 atom stereocenters. The molecule has 0 bridgehead atoms. The third-order valence-corrected chi connectivity index (χ3v) is 3.37. The molecule has 18 heavy (non-hydrogen) atoms. The van der Waals surface area contributed by atoms with Crippen molar-refractivity contribution in [3.8, 4) is 5.75 Å². The van der Waals surface area contributed by atoms with Gasteiger partial charge in [-0.25, -0.2) is 4.39 Å². The number of halogens is 1. The highest BCUT2D eigenvalue weighted by Gasteiger charge is 2.17. The van der Waals surface area contributed by atoms with Gasteiger partial charge in [0.1, 0.15) is 11.6 Å². The Kier molecular flexibility index (Phi) is 4.42. The van der Waals surface area contributed by atoms with Gasteiger partial charge >= 0.3 is 0 Å². The van der Waals surface area contributed by atoms with Crippen molar-refractivity contribution >= 4 is 5.69 Å². The molecule has 4 heteroatoms. The van der Waals surface area contributed by atoms with E-state index in [0.29, 0.717) is 17.8 Å². The Balaban J connectivity index is 1.95. The molecular formula is C14H21FN2O. The zero-order valence-electron chi connectivity index (χ0n) is 11.0. The van der Waals surface area contributed by atoms with E-state index >= 15 is 0 Å². The van der Waals surface area contributed by atoms with Crippen LogP contribution in [0.2, 0.25) is 0 Å². The van der Waals surface area contributed by atoms with E-state index in [4.69, 9.17) is 4.74 Å². The number of hydrogen-bond donors (Lipinski definition) is 2. The van der Waals surface area contributed by atoms with Gasteiger partial charge in [0, 0.05) is 18.2 Å². The van der Waals surface area contributed by atoms with Crippen LogP contribution in [-0.4, -0.2) is 25.7 Å². The maximum Gasteiger partial charge on any atom is 0.144 e. The fourth-order valence-corrected chi connectivity index (χ4v) is 2.49. The predicted molar refractivity (Wildman–Crippen MR) is 71.7 cm³/mol. The van der Waals surface area contributed by atoms with Crippen LogP contribution in [0.1, 0.15) is 26.2 Å². The van der Waals surface area contributed by atoms with Gasteiger partial charge in [0.25, 0.3) is 0 Å². The van der Waals surface area contributed by atoms with E-state index in [1.807, 2.05) is 0 Å². The van der Waals surface area contributed by atoms with Crippen LogP contribution in [0.15, 0.2) is 18.2 Å². The molecule has 0 spiro atoms. The van der Waals surface area contributed by atoms with Crippen molar-refractivity contribution in [1.82, 2.24) is 5.32 Å². The number of nitrogens with one attached hydrogen (secondary N) is 2. The minimum atomic E-state index is -0.275. The van der Waals surface area contributed by atoms with Crippen molar-refractivity contribution in [2.75, 3.05) is 19.0 Å². The SMILES string of the molecule is COc1cc(F)ccc1NC(C)CC1CCCN1. The lowest BCUT2D eigenvalue weighted by atomic mass is 10.1. The van der Waals surface area contributed by atoms with Crippen molar-refractivity contribution in [1.29, 1.82) is 0 Å². The first-order chi connectivity index (χ1) is 8.69. The molecule has 1 aromatic carbocycles. The summed E-state index contributed by atoms with van der Waals surface area (Å²) in [5.41, 5.74) is 0.851. The van der Waals surface area contributed by atoms with Crippen LogP contribution >= 0.6 is 0 Å². The fraction of sp³-hybridized carbons (Fsp3) is 0.571. The molecule has 1 aromatic rings. The van der Waals surface area contributed by atoms with Crippen LogP contribution < -0.4 is 15.4 Å². The third-order valence-electron chi connectivity index (χ3n) is 3.37. The lowest BCUT2D eigenvalue weighted by molar-refractivity contribution is 0.412. The molecule has 2 unspecified atom stereocenters. The van der Waals surface area contributed by atoms with Crippen molar-refractivity contribution in [2.45, 2.75) is 38.3 Å². The number of benzene rings is 1. The minimum Gasteiger partial charge on any atom is -0.494 e. The van der Waals surface area contributed by atoms with Crippen molar-refractivity contribution in [3.63, 3.8) is 0 Å². The van der Waals surface area contributed by atoms with Crippen molar-refractivity contribution in [2.24, 2.45) is 0 Å². The molecule has 0 amide bonds. The van der Waals surface area contributed by atoms with Gasteiger partial charge in [-0.15, -0.1) is 0 Å². The van der Waals surface area contributed by atoms with E-state index in [-0.39, 0.29) is 5.82 Å². The second-order valence-corrected chi connectivity index (χ2v) is 4.92. The fourth-order valence-electron chi connectivity index (χ4n) is 2.49. The molecule has 1 aliphatic rings. The average Bonchev–Trinajstić information content (AvgIpc) is 2.84. The van der Waals surface area contributed by atoms with Gasteiger partial charge < -0.3 is 15.4 Å². The number of anilines is 1. The number of rotatable bonds is 5. The standard InChI is InChI=1S/C14H21FN2O/c1-10(8-12-4-3-7-16-12)17-13-6-5-11(15)9-14(13)18-2/h5-6,9-10,12,16-17H,3-4,7-8H2,1-2H3. The second kappa shape index (κ2) is 6.05. The number of ether oxygens (including phenoxy) is 1. The molecule has 1 aliphatic heterocycles. The number of hydrogen-bond acceptors (Lipinski definition) is 3. The molecule has 100 valence electrons. The molecule has 0 aromatic heterocycles. The lowest BCUT2D eigenvalue weighted by Gasteiger charge is -2.20.